The Morgan fingerprint density at radius 1 is 1.38 bits per heavy atom. The number of rotatable bonds is 2. The summed E-state index contributed by atoms with van der Waals surface area (Å²) in [5, 5.41) is 3.74. The van der Waals surface area contributed by atoms with E-state index in [9.17, 15) is 17.2 Å². The fraction of sp³-hybridized carbons (Fsp3) is 0.125. The monoisotopic (exact) mass is 266 g/mol. The zero-order valence-corrected chi connectivity index (χ0v) is 9.21. The van der Waals surface area contributed by atoms with Crippen molar-refractivity contribution < 1.29 is 17.2 Å². The van der Waals surface area contributed by atoms with Gasteiger partial charge in [0.25, 0.3) is 9.05 Å². The number of nitrogens with zero attached hydrogens (tertiary/aromatic N) is 2. The molecule has 16 heavy (non-hydrogen) atoms. The van der Waals surface area contributed by atoms with Gasteiger partial charge in [-0.25, -0.2) is 13.1 Å². The molecular weight excluding hydrogens is 262 g/mol. The number of halogens is 3. The fourth-order valence-corrected chi connectivity index (χ4v) is 2.12. The van der Waals surface area contributed by atoms with Crippen LogP contribution in [0.2, 0.25) is 0 Å². The number of hydrogen-bond acceptors (Lipinski definition) is 3. The van der Waals surface area contributed by atoms with Crippen molar-refractivity contribution in [2.24, 2.45) is 0 Å². The van der Waals surface area contributed by atoms with Gasteiger partial charge in [0.1, 0.15) is 0 Å². The first-order valence-corrected chi connectivity index (χ1v) is 6.40. The summed E-state index contributed by atoms with van der Waals surface area (Å²) >= 11 is 0. The number of benzene rings is 1. The first-order chi connectivity index (χ1) is 7.39. The van der Waals surface area contributed by atoms with E-state index >= 15 is 0 Å². The predicted octanol–water partition coefficient (Wildman–Crippen LogP) is 2.36. The molecule has 4 nitrogen and oxygen atoms in total. The molecule has 0 aliphatic rings. The van der Waals surface area contributed by atoms with E-state index in [0.717, 1.165) is 12.3 Å². The molecule has 0 fully saturated rings. The molecule has 0 saturated carbocycles. The van der Waals surface area contributed by atoms with E-state index in [1.54, 1.807) is 0 Å². The molecule has 0 aliphatic carbocycles. The first kappa shape index (κ1) is 11.3. The molecule has 2 aromatic rings. The maximum Gasteiger partial charge on any atom is 0.333 e. The summed E-state index contributed by atoms with van der Waals surface area (Å²) in [6.45, 7) is -2.77. The molecule has 0 bridgehead atoms. The predicted molar refractivity (Wildman–Crippen MR) is 54.0 cm³/mol. The van der Waals surface area contributed by atoms with E-state index < -0.39 is 15.6 Å². The minimum absolute atomic E-state index is 0.143. The zero-order valence-electron chi connectivity index (χ0n) is 7.64. The Bertz CT molecular complexity index is 639. The minimum Gasteiger partial charge on any atom is -0.207 e. The van der Waals surface area contributed by atoms with Gasteiger partial charge in [-0.3, -0.25) is 0 Å². The van der Waals surface area contributed by atoms with Crippen LogP contribution in [0.3, 0.4) is 0 Å². The number of fused-ring (bicyclic) bond motifs is 1. The van der Waals surface area contributed by atoms with Crippen LogP contribution >= 0.6 is 10.7 Å². The van der Waals surface area contributed by atoms with Crippen molar-refractivity contribution in [2.45, 2.75) is 11.4 Å². The van der Waals surface area contributed by atoms with E-state index in [1.807, 2.05) is 0 Å². The average Bonchev–Trinajstić information content (AvgIpc) is 2.58. The lowest BCUT2D eigenvalue weighted by Gasteiger charge is -2.01. The Morgan fingerprint density at radius 2 is 2.06 bits per heavy atom. The molecule has 86 valence electrons. The van der Waals surface area contributed by atoms with Crippen LogP contribution in [0.15, 0.2) is 29.3 Å². The highest BCUT2D eigenvalue weighted by Crippen LogP contribution is 2.24. The fourth-order valence-electron chi connectivity index (χ4n) is 1.34. The van der Waals surface area contributed by atoms with Crippen LogP contribution in [0.5, 0.6) is 0 Å². The minimum atomic E-state index is -3.86. The van der Waals surface area contributed by atoms with Gasteiger partial charge in [-0.15, -0.1) is 0 Å². The van der Waals surface area contributed by atoms with Gasteiger partial charge in [0, 0.05) is 16.1 Å². The molecule has 1 aromatic carbocycles. The third-order valence-electron chi connectivity index (χ3n) is 2.03. The molecule has 8 heteroatoms. The van der Waals surface area contributed by atoms with Gasteiger partial charge < -0.3 is 0 Å². The van der Waals surface area contributed by atoms with Crippen molar-refractivity contribution >= 4 is 30.6 Å². The second-order valence-electron chi connectivity index (χ2n) is 3.03. The van der Waals surface area contributed by atoms with Crippen LogP contribution in [0.1, 0.15) is 6.55 Å². The molecule has 0 amide bonds. The molecule has 1 heterocycles. The number of hydrogen-bond donors (Lipinski definition) is 0. The largest absolute Gasteiger partial charge is 0.333 e. The lowest BCUT2D eigenvalue weighted by Crippen LogP contribution is -1.99. The van der Waals surface area contributed by atoms with Gasteiger partial charge in [0.05, 0.1) is 16.6 Å². The molecule has 0 saturated heterocycles. The smallest absolute Gasteiger partial charge is 0.207 e. The van der Waals surface area contributed by atoms with Crippen LogP contribution in [0, 0.1) is 0 Å². The highest BCUT2D eigenvalue weighted by molar-refractivity contribution is 8.13. The van der Waals surface area contributed by atoms with Crippen molar-refractivity contribution in [1.29, 1.82) is 0 Å². The highest BCUT2D eigenvalue weighted by atomic mass is 35.7. The van der Waals surface area contributed by atoms with Crippen LogP contribution in [0.25, 0.3) is 10.9 Å². The maximum atomic E-state index is 12.4. The molecule has 2 rings (SSSR count). The van der Waals surface area contributed by atoms with E-state index in [0.29, 0.717) is 10.1 Å². The van der Waals surface area contributed by atoms with Crippen LogP contribution in [-0.2, 0) is 9.05 Å². The summed E-state index contributed by atoms with van der Waals surface area (Å²) in [6, 6.07) is 3.60. The second-order valence-corrected chi connectivity index (χ2v) is 5.59. The molecular formula is C8H5ClF2N2O2S. The Morgan fingerprint density at radius 3 is 2.62 bits per heavy atom. The molecule has 0 N–H and O–H groups in total. The van der Waals surface area contributed by atoms with Crippen molar-refractivity contribution in [2.75, 3.05) is 0 Å². The van der Waals surface area contributed by atoms with E-state index in [-0.39, 0.29) is 10.4 Å². The summed E-state index contributed by atoms with van der Waals surface area (Å²) in [7, 11) is 1.27. The molecule has 0 unspecified atom stereocenters. The van der Waals surface area contributed by atoms with E-state index in [2.05, 4.69) is 5.10 Å². The van der Waals surface area contributed by atoms with Gasteiger partial charge in [0.15, 0.2) is 0 Å². The van der Waals surface area contributed by atoms with Gasteiger partial charge in [-0.05, 0) is 18.2 Å². The average molecular weight is 267 g/mol. The van der Waals surface area contributed by atoms with E-state index in [1.165, 1.54) is 12.1 Å². The summed E-state index contributed by atoms with van der Waals surface area (Å²) in [5.41, 5.74) is 0.152. The maximum absolute atomic E-state index is 12.4. The highest BCUT2D eigenvalue weighted by Gasteiger charge is 2.15. The Kier molecular flexibility index (Phi) is 2.59. The zero-order chi connectivity index (χ0) is 11.9. The molecule has 0 spiro atoms. The van der Waals surface area contributed by atoms with Crippen molar-refractivity contribution in [3.05, 3.63) is 24.4 Å². The van der Waals surface area contributed by atoms with Gasteiger partial charge in [0.2, 0.25) is 0 Å². The quantitative estimate of drug-likeness (QED) is 0.784. The van der Waals surface area contributed by atoms with Crippen molar-refractivity contribution in [3.63, 3.8) is 0 Å². The van der Waals surface area contributed by atoms with Crippen LogP contribution in [-0.4, -0.2) is 18.2 Å². The van der Waals surface area contributed by atoms with Gasteiger partial charge in [-0.2, -0.15) is 13.9 Å². The van der Waals surface area contributed by atoms with Crippen LogP contribution in [0.4, 0.5) is 8.78 Å². The Balaban J connectivity index is 2.67. The lowest BCUT2D eigenvalue weighted by atomic mass is 10.2. The standard InChI is InChI=1S/C8H5ClF2N2O2S/c9-16(14,15)6-1-2-7-5(3-6)4-12-13(7)8(10)11/h1-4,8H. The van der Waals surface area contributed by atoms with Gasteiger partial charge in [-0.1, -0.05) is 0 Å². The summed E-state index contributed by atoms with van der Waals surface area (Å²) in [4.78, 5) is -0.143. The second kappa shape index (κ2) is 3.67. The number of alkyl halides is 2. The normalized spacial score (nSPS) is 12.5. The summed E-state index contributed by atoms with van der Waals surface area (Å²) < 4.78 is 47.4. The van der Waals surface area contributed by atoms with Crippen LogP contribution < -0.4 is 0 Å². The Labute approximate surface area is 93.8 Å². The van der Waals surface area contributed by atoms with E-state index in [4.69, 9.17) is 10.7 Å². The van der Waals surface area contributed by atoms with Crippen molar-refractivity contribution in [3.8, 4) is 0 Å². The van der Waals surface area contributed by atoms with Gasteiger partial charge >= 0.3 is 6.55 Å². The topological polar surface area (TPSA) is 52.0 Å². The third-order valence-corrected chi connectivity index (χ3v) is 3.38. The summed E-state index contributed by atoms with van der Waals surface area (Å²) in [5.74, 6) is 0. The third kappa shape index (κ3) is 1.88. The molecule has 0 aliphatic heterocycles. The Hall–Kier alpha value is -1.21. The molecule has 0 atom stereocenters. The summed E-state index contributed by atoms with van der Waals surface area (Å²) in [6.07, 6.45) is 1.16. The molecule has 0 radical (unpaired) electrons. The molecule has 1 aromatic heterocycles. The lowest BCUT2D eigenvalue weighted by molar-refractivity contribution is 0.0615. The first-order valence-electron chi connectivity index (χ1n) is 4.09. The van der Waals surface area contributed by atoms with Crippen molar-refractivity contribution in [1.82, 2.24) is 9.78 Å². The number of aromatic nitrogens is 2. The SMILES string of the molecule is O=S(=O)(Cl)c1ccc2c(cnn2C(F)F)c1.